The van der Waals surface area contributed by atoms with E-state index in [9.17, 15) is 4.79 Å². The van der Waals surface area contributed by atoms with Crippen LogP contribution in [0.25, 0.3) is 0 Å². The molecule has 0 saturated carbocycles. The molecule has 1 rings (SSSR count). The van der Waals surface area contributed by atoms with Crippen LogP contribution in [0.3, 0.4) is 0 Å². The third-order valence-corrected chi connectivity index (χ3v) is 2.31. The first kappa shape index (κ1) is 14.5. The molecule has 4 nitrogen and oxygen atoms in total. The van der Waals surface area contributed by atoms with Gasteiger partial charge in [-0.25, -0.2) is 0 Å². The molecule has 1 aromatic rings. The van der Waals surface area contributed by atoms with E-state index in [0.29, 0.717) is 17.1 Å². The molecular formula is C13H14ClNO3. The normalized spacial score (nSPS) is 9.50. The summed E-state index contributed by atoms with van der Waals surface area (Å²) in [6, 6.07) is 5.09. The summed E-state index contributed by atoms with van der Waals surface area (Å²) in [5.74, 6) is 5.39. The van der Waals surface area contributed by atoms with Crippen LogP contribution in [-0.2, 0) is 9.53 Å². The largest absolute Gasteiger partial charge is 0.395 e. The number of benzene rings is 1. The van der Waals surface area contributed by atoms with Crippen LogP contribution in [0.15, 0.2) is 18.2 Å². The molecule has 0 aliphatic rings. The van der Waals surface area contributed by atoms with E-state index in [1.807, 2.05) is 0 Å². The second-order valence-corrected chi connectivity index (χ2v) is 3.86. The number of hydrogen-bond acceptors (Lipinski definition) is 3. The fraction of sp³-hybridized carbons (Fsp3) is 0.308. The lowest BCUT2D eigenvalue weighted by Crippen LogP contribution is -2.17. The number of carbonyl (C=O) groups is 1. The van der Waals surface area contributed by atoms with Gasteiger partial charge in [0, 0.05) is 19.1 Å². The zero-order valence-corrected chi connectivity index (χ0v) is 10.8. The van der Waals surface area contributed by atoms with Crippen LogP contribution in [0, 0.1) is 11.8 Å². The second-order valence-electron chi connectivity index (χ2n) is 3.45. The van der Waals surface area contributed by atoms with Crippen molar-refractivity contribution in [1.82, 2.24) is 0 Å². The molecule has 5 heteroatoms. The number of amides is 1. The lowest BCUT2D eigenvalue weighted by atomic mass is 10.2. The number of anilines is 1. The van der Waals surface area contributed by atoms with Crippen LogP contribution in [0.4, 0.5) is 5.69 Å². The minimum absolute atomic E-state index is 0.0258. The van der Waals surface area contributed by atoms with Crippen molar-refractivity contribution in [3.05, 3.63) is 28.8 Å². The molecule has 1 aromatic carbocycles. The zero-order chi connectivity index (χ0) is 13.4. The molecule has 0 aromatic heterocycles. The molecule has 0 aliphatic heterocycles. The Kier molecular flexibility index (Phi) is 6.23. The maximum Gasteiger partial charge on any atom is 0.250 e. The highest BCUT2D eigenvalue weighted by Crippen LogP contribution is 2.22. The van der Waals surface area contributed by atoms with Crippen LogP contribution in [0.5, 0.6) is 0 Å². The summed E-state index contributed by atoms with van der Waals surface area (Å²) in [5.41, 5.74) is 1.22. The van der Waals surface area contributed by atoms with Crippen molar-refractivity contribution in [2.24, 2.45) is 0 Å². The molecule has 0 heterocycles. The Morgan fingerprint density at radius 3 is 3.00 bits per heavy atom. The van der Waals surface area contributed by atoms with Crippen LogP contribution in [0.1, 0.15) is 12.0 Å². The van der Waals surface area contributed by atoms with Crippen molar-refractivity contribution in [2.75, 3.05) is 25.6 Å². The van der Waals surface area contributed by atoms with E-state index < -0.39 is 0 Å². The second kappa shape index (κ2) is 7.72. The molecule has 0 radical (unpaired) electrons. The topological polar surface area (TPSA) is 58.6 Å². The minimum Gasteiger partial charge on any atom is -0.395 e. The zero-order valence-electron chi connectivity index (χ0n) is 10.00. The smallest absolute Gasteiger partial charge is 0.250 e. The molecule has 0 bridgehead atoms. The maximum atomic E-state index is 11.4. The third kappa shape index (κ3) is 4.76. The summed E-state index contributed by atoms with van der Waals surface area (Å²) in [6.45, 7) is -0.00519. The van der Waals surface area contributed by atoms with Crippen LogP contribution < -0.4 is 5.32 Å². The number of ether oxygens (including phenoxy) is 1. The summed E-state index contributed by atoms with van der Waals surface area (Å²) < 4.78 is 4.71. The highest BCUT2D eigenvalue weighted by atomic mass is 35.5. The van der Waals surface area contributed by atoms with E-state index in [4.69, 9.17) is 21.4 Å². The predicted molar refractivity (Wildman–Crippen MR) is 70.5 cm³/mol. The first-order chi connectivity index (χ1) is 8.67. The van der Waals surface area contributed by atoms with Crippen LogP contribution in [-0.4, -0.2) is 31.3 Å². The van der Waals surface area contributed by atoms with Gasteiger partial charge in [0.25, 0.3) is 0 Å². The van der Waals surface area contributed by atoms with Gasteiger partial charge in [-0.15, -0.1) is 0 Å². The predicted octanol–water partition coefficient (Wildman–Crippen LogP) is 1.66. The number of aliphatic hydroxyl groups is 1. The van der Waals surface area contributed by atoms with Crippen molar-refractivity contribution in [3.8, 4) is 11.8 Å². The number of hydrogen-bond donors (Lipinski definition) is 2. The Morgan fingerprint density at radius 1 is 1.56 bits per heavy atom. The number of halogens is 1. The summed E-state index contributed by atoms with van der Waals surface area (Å²) in [5, 5.41) is 11.7. The Morgan fingerprint density at radius 2 is 2.33 bits per heavy atom. The van der Waals surface area contributed by atoms with Crippen molar-refractivity contribution in [2.45, 2.75) is 6.42 Å². The molecule has 0 unspecified atom stereocenters. The van der Waals surface area contributed by atoms with E-state index in [1.165, 1.54) is 7.11 Å². The van der Waals surface area contributed by atoms with Gasteiger partial charge in [-0.3, -0.25) is 4.79 Å². The first-order valence-electron chi connectivity index (χ1n) is 5.35. The minimum atomic E-state index is -0.278. The van der Waals surface area contributed by atoms with Crippen molar-refractivity contribution in [3.63, 3.8) is 0 Å². The summed E-state index contributed by atoms with van der Waals surface area (Å²) in [7, 11) is 1.44. The average molecular weight is 268 g/mol. The van der Waals surface area contributed by atoms with Gasteiger partial charge in [-0.2, -0.15) is 0 Å². The molecule has 1 amide bonds. The molecule has 0 saturated heterocycles. The van der Waals surface area contributed by atoms with Gasteiger partial charge < -0.3 is 15.2 Å². The standard InChI is InChI=1S/C13H14ClNO3/c1-18-9-13(17)15-12-8-10(4-2-3-7-16)5-6-11(12)14/h5-6,8,16H,3,7,9H2,1H3,(H,15,17). The van der Waals surface area contributed by atoms with Crippen molar-refractivity contribution < 1.29 is 14.6 Å². The van der Waals surface area contributed by atoms with Crippen molar-refractivity contribution in [1.29, 1.82) is 0 Å². The SMILES string of the molecule is COCC(=O)Nc1cc(C#CCCO)ccc1Cl. The van der Waals surface area contributed by atoms with Gasteiger partial charge in [0.05, 0.1) is 17.3 Å². The third-order valence-electron chi connectivity index (χ3n) is 1.99. The number of rotatable bonds is 4. The van der Waals surface area contributed by atoms with E-state index in [-0.39, 0.29) is 19.1 Å². The van der Waals surface area contributed by atoms with Gasteiger partial charge >= 0.3 is 0 Å². The number of carbonyl (C=O) groups excluding carboxylic acids is 1. The van der Waals surface area contributed by atoms with Crippen LogP contribution >= 0.6 is 11.6 Å². The van der Waals surface area contributed by atoms with Crippen molar-refractivity contribution >= 4 is 23.2 Å². The Balaban J connectivity index is 2.82. The molecule has 2 N–H and O–H groups in total. The summed E-state index contributed by atoms with van der Waals surface area (Å²) in [6.07, 6.45) is 0.411. The lowest BCUT2D eigenvalue weighted by molar-refractivity contribution is -0.119. The fourth-order valence-corrected chi connectivity index (χ4v) is 1.40. The molecule has 0 spiro atoms. The average Bonchev–Trinajstić information content (AvgIpc) is 2.34. The van der Waals surface area contributed by atoms with Gasteiger partial charge in [-0.1, -0.05) is 23.4 Å². The molecule has 0 fully saturated rings. The van der Waals surface area contributed by atoms with Crippen LogP contribution in [0.2, 0.25) is 5.02 Å². The fourth-order valence-electron chi connectivity index (χ4n) is 1.24. The Bertz CT molecular complexity index is 477. The molecular weight excluding hydrogens is 254 g/mol. The van der Waals surface area contributed by atoms with Gasteiger partial charge in [0.2, 0.25) is 5.91 Å². The van der Waals surface area contributed by atoms with E-state index >= 15 is 0 Å². The Labute approximate surface area is 111 Å². The Hall–Kier alpha value is -1.54. The van der Waals surface area contributed by atoms with Gasteiger partial charge in [0.15, 0.2) is 0 Å². The molecule has 0 atom stereocenters. The lowest BCUT2D eigenvalue weighted by Gasteiger charge is -2.07. The quantitative estimate of drug-likeness (QED) is 0.816. The monoisotopic (exact) mass is 267 g/mol. The molecule has 0 aliphatic carbocycles. The number of methoxy groups -OCH3 is 1. The van der Waals surface area contributed by atoms with E-state index in [1.54, 1.807) is 18.2 Å². The molecule has 96 valence electrons. The maximum absolute atomic E-state index is 11.4. The first-order valence-corrected chi connectivity index (χ1v) is 5.73. The van der Waals surface area contributed by atoms with E-state index in [2.05, 4.69) is 17.2 Å². The highest BCUT2D eigenvalue weighted by Gasteiger charge is 2.05. The summed E-state index contributed by atoms with van der Waals surface area (Å²) in [4.78, 5) is 11.4. The number of aliphatic hydroxyl groups excluding tert-OH is 1. The van der Waals surface area contributed by atoms with Gasteiger partial charge in [-0.05, 0) is 18.2 Å². The van der Waals surface area contributed by atoms with Gasteiger partial charge in [0.1, 0.15) is 6.61 Å². The molecule has 18 heavy (non-hydrogen) atoms. The summed E-state index contributed by atoms with van der Waals surface area (Å²) >= 11 is 5.96. The van der Waals surface area contributed by atoms with E-state index in [0.717, 1.165) is 5.56 Å². The number of nitrogens with one attached hydrogen (secondary N) is 1. The highest BCUT2D eigenvalue weighted by molar-refractivity contribution is 6.33.